The van der Waals surface area contributed by atoms with E-state index in [1.807, 2.05) is 19.9 Å². The van der Waals surface area contributed by atoms with Gasteiger partial charge in [0.2, 0.25) is 0 Å². The molecular formula is C11H12BrClN2O2S2. The topological polar surface area (TPSA) is 59.1 Å². The van der Waals surface area contributed by atoms with Crippen molar-refractivity contribution in [3.63, 3.8) is 0 Å². The van der Waals surface area contributed by atoms with Crippen LogP contribution in [0.25, 0.3) is 0 Å². The van der Waals surface area contributed by atoms with E-state index in [-0.39, 0.29) is 16.6 Å². The van der Waals surface area contributed by atoms with Crippen LogP contribution in [0.15, 0.2) is 32.3 Å². The Kier molecular flexibility index (Phi) is 5.37. The minimum Gasteiger partial charge on any atom is -0.263 e. The van der Waals surface area contributed by atoms with Gasteiger partial charge < -0.3 is 0 Å². The maximum atomic E-state index is 12.1. The zero-order chi connectivity index (χ0) is 13.3. The van der Waals surface area contributed by atoms with Gasteiger partial charge in [0.1, 0.15) is 10.0 Å². The lowest BCUT2D eigenvalue weighted by molar-refractivity contribution is 0.603. The van der Waals surface area contributed by atoms with Crippen molar-refractivity contribution in [1.29, 1.82) is 0 Å². The van der Waals surface area contributed by atoms with Crippen molar-refractivity contribution in [3.8, 4) is 0 Å². The van der Waals surface area contributed by atoms with E-state index in [1.54, 1.807) is 18.2 Å². The third kappa shape index (κ3) is 4.17. The van der Waals surface area contributed by atoms with Gasteiger partial charge in [-0.05, 0) is 59.6 Å². The number of thiophene rings is 1. The number of aromatic nitrogens is 1. The molecule has 0 aliphatic heterocycles. The van der Waals surface area contributed by atoms with Crippen LogP contribution < -0.4 is 4.72 Å². The van der Waals surface area contributed by atoms with E-state index in [0.29, 0.717) is 5.82 Å². The summed E-state index contributed by atoms with van der Waals surface area (Å²) in [5, 5.41) is 0. The molecule has 1 N–H and O–H groups in total. The number of halogens is 2. The molecule has 0 aliphatic rings. The van der Waals surface area contributed by atoms with E-state index in [1.165, 1.54) is 0 Å². The zero-order valence-electron chi connectivity index (χ0n) is 10.2. The molecule has 0 radical (unpaired) electrons. The molecule has 0 fully saturated rings. The summed E-state index contributed by atoms with van der Waals surface area (Å²) in [4.78, 5) is 4.15. The molecule has 2 aromatic rings. The third-order valence-corrected chi connectivity index (χ3v) is 5.62. The lowest BCUT2D eigenvalue weighted by atomic mass is 10.2. The second-order valence-corrected chi connectivity index (χ2v) is 8.21. The lowest BCUT2D eigenvalue weighted by Crippen LogP contribution is -2.13. The summed E-state index contributed by atoms with van der Waals surface area (Å²) in [6, 6.07) is 6.85. The first-order valence-corrected chi connectivity index (χ1v) is 8.19. The van der Waals surface area contributed by atoms with Gasteiger partial charge in [-0.15, -0.1) is 23.7 Å². The maximum Gasteiger partial charge on any atom is 0.272 e. The molecule has 0 unspecified atom stereocenters. The Morgan fingerprint density at radius 3 is 2.47 bits per heavy atom. The number of sulfonamides is 1. The molecular weight excluding hydrogens is 372 g/mol. The minimum atomic E-state index is -3.55. The van der Waals surface area contributed by atoms with E-state index < -0.39 is 10.0 Å². The molecule has 0 atom stereocenters. The molecule has 0 aromatic carbocycles. The minimum absolute atomic E-state index is 0. The van der Waals surface area contributed by atoms with Crippen molar-refractivity contribution < 1.29 is 8.42 Å². The third-order valence-electron chi connectivity index (χ3n) is 2.15. The highest BCUT2D eigenvalue weighted by Gasteiger charge is 2.17. The van der Waals surface area contributed by atoms with E-state index in [4.69, 9.17) is 0 Å². The van der Waals surface area contributed by atoms with Gasteiger partial charge in [0.15, 0.2) is 0 Å². The number of hydrogen-bond acceptors (Lipinski definition) is 4. The van der Waals surface area contributed by atoms with Gasteiger partial charge in [-0.3, -0.25) is 4.72 Å². The standard InChI is InChI=1S/C11H11BrN2O2S2.ClH/c1-7-5-8(2)13-10(6-7)14-18(15,16)11-4-3-9(12)17-11;/h3-6H,1-2H3,(H,13,14);1H. The number of pyridine rings is 1. The Morgan fingerprint density at radius 2 is 1.95 bits per heavy atom. The highest BCUT2D eigenvalue weighted by atomic mass is 79.9. The molecule has 8 heteroatoms. The molecule has 0 bridgehead atoms. The van der Waals surface area contributed by atoms with Gasteiger partial charge in [0, 0.05) is 5.69 Å². The van der Waals surface area contributed by atoms with Crippen LogP contribution in [0.5, 0.6) is 0 Å². The molecule has 19 heavy (non-hydrogen) atoms. The fourth-order valence-corrected chi connectivity index (χ4v) is 4.53. The second-order valence-electron chi connectivity index (χ2n) is 3.84. The summed E-state index contributed by atoms with van der Waals surface area (Å²) in [6.45, 7) is 3.72. The van der Waals surface area contributed by atoms with Crippen molar-refractivity contribution in [2.45, 2.75) is 18.1 Å². The molecule has 0 spiro atoms. The number of nitrogens with one attached hydrogen (secondary N) is 1. The fraction of sp³-hybridized carbons (Fsp3) is 0.182. The van der Waals surface area contributed by atoms with Gasteiger partial charge >= 0.3 is 0 Å². The van der Waals surface area contributed by atoms with Crippen molar-refractivity contribution in [1.82, 2.24) is 4.98 Å². The first kappa shape index (κ1) is 16.4. The van der Waals surface area contributed by atoms with Crippen molar-refractivity contribution in [2.75, 3.05) is 4.72 Å². The van der Waals surface area contributed by atoms with Gasteiger partial charge in [0.05, 0.1) is 3.79 Å². The SMILES string of the molecule is Cc1cc(C)nc(NS(=O)(=O)c2ccc(Br)s2)c1.Cl. The van der Waals surface area contributed by atoms with E-state index in [2.05, 4.69) is 25.6 Å². The van der Waals surface area contributed by atoms with Crippen molar-refractivity contribution in [2.24, 2.45) is 0 Å². The summed E-state index contributed by atoms with van der Waals surface area (Å²) < 4.78 is 27.7. The zero-order valence-corrected chi connectivity index (χ0v) is 14.2. The first-order valence-electron chi connectivity index (χ1n) is 5.10. The number of nitrogens with zero attached hydrogens (tertiary/aromatic N) is 1. The number of rotatable bonds is 3. The van der Waals surface area contributed by atoms with Crippen LogP contribution in [0.3, 0.4) is 0 Å². The highest BCUT2D eigenvalue weighted by Crippen LogP contribution is 2.27. The van der Waals surface area contributed by atoms with Gasteiger partial charge in [-0.25, -0.2) is 13.4 Å². The van der Waals surface area contributed by atoms with E-state index in [0.717, 1.165) is 26.4 Å². The predicted octanol–water partition coefficient (Wildman–Crippen LogP) is 3.75. The lowest BCUT2D eigenvalue weighted by Gasteiger charge is -2.07. The average molecular weight is 384 g/mol. The van der Waals surface area contributed by atoms with Crippen LogP contribution in [0.4, 0.5) is 5.82 Å². The van der Waals surface area contributed by atoms with Crippen LogP contribution in [-0.4, -0.2) is 13.4 Å². The Balaban J connectivity index is 0.00000180. The van der Waals surface area contributed by atoms with Crippen LogP contribution in [0.2, 0.25) is 0 Å². The fourth-order valence-electron chi connectivity index (χ4n) is 1.52. The molecule has 104 valence electrons. The summed E-state index contributed by atoms with van der Waals surface area (Å²) in [5.41, 5.74) is 1.74. The molecule has 0 saturated heterocycles. The maximum absolute atomic E-state index is 12.1. The van der Waals surface area contributed by atoms with Gasteiger partial charge in [-0.1, -0.05) is 0 Å². The summed E-state index contributed by atoms with van der Waals surface area (Å²) in [5.74, 6) is 0.344. The summed E-state index contributed by atoms with van der Waals surface area (Å²) in [6.07, 6.45) is 0. The van der Waals surface area contributed by atoms with Gasteiger partial charge in [0.25, 0.3) is 10.0 Å². The van der Waals surface area contributed by atoms with Crippen LogP contribution in [-0.2, 0) is 10.0 Å². The monoisotopic (exact) mass is 382 g/mol. The van der Waals surface area contributed by atoms with Crippen LogP contribution in [0.1, 0.15) is 11.3 Å². The largest absolute Gasteiger partial charge is 0.272 e. The van der Waals surface area contributed by atoms with Crippen molar-refractivity contribution in [3.05, 3.63) is 39.3 Å². The predicted molar refractivity (Wildman–Crippen MR) is 83.8 cm³/mol. The number of aryl methyl sites for hydroxylation is 2. The first-order chi connectivity index (χ1) is 8.37. The Labute approximate surface area is 130 Å². The summed E-state index contributed by atoms with van der Waals surface area (Å²) >= 11 is 4.40. The van der Waals surface area contributed by atoms with Gasteiger partial charge in [-0.2, -0.15) is 0 Å². The molecule has 4 nitrogen and oxygen atoms in total. The van der Waals surface area contributed by atoms with E-state index >= 15 is 0 Å². The molecule has 0 aliphatic carbocycles. The van der Waals surface area contributed by atoms with Crippen molar-refractivity contribution >= 4 is 55.5 Å². The smallest absolute Gasteiger partial charge is 0.263 e. The molecule has 2 rings (SSSR count). The van der Waals surface area contributed by atoms with Crippen LogP contribution >= 0.6 is 39.7 Å². The molecule has 2 aromatic heterocycles. The molecule has 0 amide bonds. The Morgan fingerprint density at radius 1 is 1.26 bits per heavy atom. The average Bonchev–Trinajstić information content (AvgIpc) is 2.62. The van der Waals surface area contributed by atoms with E-state index in [9.17, 15) is 8.42 Å². The number of anilines is 1. The summed E-state index contributed by atoms with van der Waals surface area (Å²) in [7, 11) is -3.55. The highest BCUT2D eigenvalue weighted by molar-refractivity contribution is 9.11. The second kappa shape index (κ2) is 6.21. The quantitative estimate of drug-likeness (QED) is 0.878. The Bertz CT molecular complexity index is 666. The molecule has 2 heterocycles. The molecule has 0 saturated carbocycles. The number of hydrogen-bond donors (Lipinski definition) is 1. The normalized spacial score (nSPS) is 10.9. The van der Waals surface area contributed by atoms with Crippen LogP contribution in [0, 0.1) is 13.8 Å². The Hall–Kier alpha value is -0.630.